The monoisotopic (exact) mass is 338 g/mol. The molecule has 120 valence electrons. The average Bonchev–Trinajstić information content (AvgIpc) is 3.03. The van der Waals surface area contributed by atoms with E-state index in [-0.39, 0.29) is 17.2 Å². The normalized spacial score (nSPS) is 11.8. The Bertz CT molecular complexity index is 912. The first-order valence-corrected chi connectivity index (χ1v) is 8.18. The lowest BCUT2D eigenvalue weighted by Crippen LogP contribution is -2.11. The molecule has 6 nitrogen and oxygen atoms in total. The first-order chi connectivity index (χ1) is 11.6. The summed E-state index contributed by atoms with van der Waals surface area (Å²) in [7, 11) is 0. The predicted octanol–water partition coefficient (Wildman–Crippen LogP) is 4.29. The number of nitriles is 1. The van der Waals surface area contributed by atoms with E-state index in [1.54, 1.807) is 23.5 Å². The summed E-state index contributed by atoms with van der Waals surface area (Å²) in [6.07, 6.45) is 0. The highest BCUT2D eigenvalue weighted by Crippen LogP contribution is 2.29. The molecule has 3 rings (SSSR count). The maximum atomic E-state index is 11.2. The van der Waals surface area contributed by atoms with Crippen LogP contribution in [0.5, 0.6) is 0 Å². The minimum Gasteiger partial charge on any atom is -0.379 e. The molecule has 1 aromatic heterocycles. The van der Waals surface area contributed by atoms with E-state index in [0.29, 0.717) is 12.2 Å². The van der Waals surface area contributed by atoms with Gasteiger partial charge < -0.3 is 5.32 Å². The molecule has 24 heavy (non-hydrogen) atoms. The van der Waals surface area contributed by atoms with E-state index < -0.39 is 4.92 Å². The van der Waals surface area contributed by atoms with Gasteiger partial charge in [0.05, 0.1) is 31.8 Å². The molecule has 2 aromatic carbocycles. The van der Waals surface area contributed by atoms with Crippen LogP contribution in [0.4, 0.5) is 11.4 Å². The second kappa shape index (κ2) is 6.64. The van der Waals surface area contributed by atoms with Gasteiger partial charge in [-0.25, -0.2) is 4.98 Å². The van der Waals surface area contributed by atoms with Crippen LogP contribution in [0.1, 0.15) is 23.4 Å². The number of anilines is 1. The maximum absolute atomic E-state index is 11.2. The Morgan fingerprint density at radius 2 is 2.17 bits per heavy atom. The van der Waals surface area contributed by atoms with Crippen LogP contribution in [0, 0.1) is 21.4 Å². The topological polar surface area (TPSA) is 91.8 Å². The largest absolute Gasteiger partial charge is 0.379 e. The molecule has 0 fully saturated rings. The molecule has 1 N–H and O–H groups in total. The van der Waals surface area contributed by atoms with Crippen molar-refractivity contribution in [3.05, 3.63) is 63.1 Å². The average molecular weight is 338 g/mol. The van der Waals surface area contributed by atoms with E-state index in [1.165, 1.54) is 6.07 Å². The Labute approximate surface area is 142 Å². The Balaban J connectivity index is 1.77. The Morgan fingerprint density at radius 1 is 1.38 bits per heavy atom. The van der Waals surface area contributed by atoms with E-state index >= 15 is 0 Å². The second-order valence-corrected chi connectivity index (χ2v) is 6.46. The Hall–Kier alpha value is -2.98. The number of nitrogens with zero attached hydrogens (tertiary/aromatic N) is 3. The van der Waals surface area contributed by atoms with E-state index in [9.17, 15) is 10.1 Å². The van der Waals surface area contributed by atoms with Crippen molar-refractivity contribution in [1.82, 2.24) is 4.98 Å². The van der Waals surface area contributed by atoms with Gasteiger partial charge in [-0.3, -0.25) is 10.1 Å². The van der Waals surface area contributed by atoms with Gasteiger partial charge in [-0.05, 0) is 24.3 Å². The molecule has 0 radical (unpaired) electrons. The van der Waals surface area contributed by atoms with Crippen LogP contribution in [0.15, 0.2) is 42.5 Å². The van der Waals surface area contributed by atoms with Gasteiger partial charge in [0.2, 0.25) is 0 Å². The lowest BCUT2D eigenvalue weighted by Gasteiger charge is -2.11. The van der Waals surface area contributed by atoms with Crippen molar-refractivity contribution in [3.8, 4) is 6.07 Å². The summed E-state index contributed by atoms with van der Waals surface area (Å²) in [4.78, 5) is 15.3. The smallest absolute Gasteiger partial charge is 0.293 e. The summed E-state index contributed by atoms with van der Waals surface area (Å²) in [6, 6.07) is 14.3. The molecule has 1 atom stereocenters. The summed E-state index contributed by atoms with van der Waals surface area (Å²) in [5.41, 5.74) is 1.55. The molecular weight excluding hydrogens is 324 g/mol. The van der Waals surface area contributed by atoms with Crippen LogP contribution in [0.25, 0.3) is 10.2 Å². The van der Waals surface area contributed by atoms with Crippen molar-refractivity contribution >= 4 is 32.9 Å². The maximum Gasteiger partial charge on any atom is 0.293 e. The van der Waals surface area contributed by atoms with Crippen LogP contribution in [0.3, 0.4) is 0 Å². The zero-order chi connectivity index (χ0) is 17.1. The number of hydrogen-bond acceptors (Lipinski definition) is 6. The van der Waals surface area contributed by atoms with Crippen molar-refractivity contribution in [1.29, 1.82) is 5.26 Å². The first-order valence-electron chi connectivity index (χ1n) is 7.36. The molecule has 0 saturated carbocycles. The molecule has 0 aliphatic heterocycles. The van der Waals surface area contributed by atoms with Crippen LogP contribution in [0.2, 0.25) is 0 Å². The van der Waals surface area contributed by atoms with Crippen molar-refractivity contribution in [2.45, 2.75) is 12.8 Å². The summed E-state index contributed by atoms with van der Waals surface area (Å²) < 4.78 is 1.13. The number of rotatable bonds is 5. The van der Waals surface area contributed by atoms with Crippen LogP contribution in [-0.4, -0.2) is 16.5 Å². The molecule has 0 saturated heterocycles. The number of aromatic nitrogens is 1. The molecular formula is C17H14N4O2S. The summed E-state index contributed by atoms with van der Waals surface area (Å²) >= 11 is 1.63. The Morgan fingerprint density at radius 3 is 2.88 bits per heavy atom. The first kappa shape index (κ1) is 15.9. The second-order valence-electron chi connectivity index (χ2n) is 5.40. The SMILES string of the molecule is CC(CNc1ccc(C#N)cc1[N+](=O)[O-])c1nc2ccccc2s1. The summed E-state index contributed by atoms with van der Waals surface area (Å²) in [5, 5.41) is 24.1. The summed E-state index contributed by atoms with van der Waals surface area (Å²) in [5.74, 6) is 0.109. The fourth-order valence-electron chi connectivity index (χ4n) is 2.35. The van der Waals surface area contributed by atoms with Gasteiger partial charge in [0.15, 0.2) is 0 Å². The van der Waals surface area contributed by atoms with E-state index in [0.717, 1.165) is 15.2 Å². The third-order valence-corrected chi connectivity index (χ3v) is 4.92. The number of benzene rings is 2. The van der Waals surface area contributed by atoms with Crippen molar-refractivity contribution < 1.29 is 4.92 Å². The highest BCUT2D eigenvalue weighted by molar-refractivity contribution is 7.18. The lowest BCUT2D eigenvalue weighted by molar-refractivity contribution is -0.384. The van der Waals surface area contributed by atoms with E-state index in [2.05, 4.69) is 10.3 Å². The molecule has 0 spiro atoms. The number of para-hydroxylation sites is 1. The molecule has 0 amide bonds. The van der Waals surface area contributed by atoms with Gasteiger partial charge in [-0.15, -0.1) is 11.3 Å². The Kier molecular flexibility index (Phi) is 4.40. The fraction of sp³-hybridized carbons (Fsp3) is 0.176. The molecule has 0 bridgehead atoms. The number of thiazole rings is 1. The minimum atomic E-state index is -0.481. The third-order valence-electron chi connectivity index (χ3n) is 3.65. The molecule has 1 unspecified atom stereocenters. The van der Waals surface area contributed by atoms with Gasteiger partial charge in [0.1, 0.15) is 5.69 Å². The van der Waals surface area contributed by atoms with Gasteiger partial charge in [-0.1, -0.05) is 19.1 Å². The zero-order valence-corrected chi connectivity index (χ0v) is 13.7. The highest BCUT2D eigenvalue weighted by atomic mass is 32.1. The van der Waals surface area contributed by atoms with E-state index in [4.69, 9.17) is 5.26 Å². The molecule has 0 aliphatic rings. The van der Waals surface area contributed by atoms with Crippen LogP contribution >= 0.6 is 11.3 Å². The predicted molar refractivity (Wildman–Crippen MR) is 94.3 cm³/mol. The number of hydrogen-bond donors (Lipinski definition) is 1. The number of nitro benzene ring substituents is 1. The lowest BCUT2D eigenvalue weighted by atomic mass is 10.1. The molecule has 0 aliphatic carbocycles. The van der Waals surface area contributed by atoms with Crippen LogP contribution < -0.4 is 5.32 Å². The summed E-state index contributed by atoms with van der Waals surface area (Å²) in [6.45, 7) is 2.55. The van der Waals surface area contributed by atoms with Gasteiger partial charge in [0.25, 0.3) is 5.69 Å². The van der Waals surface area contributed by atoms with E-state index in [1.807, 2.05) is 37.3 Å². The van der Waals surface area contributed by atoms with Crippen molar-refractivity contribution in [3.63, 3.8) is 0 Å². The standard InChI is InChI=1S/C17H14N4O2S/c1-11(17-20-14-4-2-3-5-16(14)24-17)10-19-13-7-6-12(9-18)8-15(13)21(22)23/h2-8,11,19H,10H2,1H3. The minimum absolute atomic E-state index is 0.0921. The number of nitro groups is 1. The number of nitrogens with one attached hydrogen (secondary N) is 1. The fourth-order valence-corrected chi connectivity index (χ4v) is 3.37. The zero-order valence-electron chi connectivity index (χ0n) is 12.9. The third kappa shape index (κ3) is 3.19. The van der Waals surface area contributed by atoms with Crippen molar-refractivity contribution in [2.75, 3.05) is 11.9 Å². The quantitative estimate of drug-likeness (QED) is 0.553. The number of fused-ring (bicyclic) bond motifs is 1. The van der Waals surface area contributed by atoms with Gasteiger partial charge in [0, 0.05) is 18.5 Å². The van der Waals surface area contributed by atoms with Gasteiger partial charge >= 0.3 is 0 Å². The van der Waals surface area contributed by atoms with Crippen LogP contribution in [-0.2, 0) is 0 Å². The van der Waals surface area contributed by atoms with Gasteiger partial charge in [-0.2, -0.15) is 5.26 Å². The molecule has 7 heteroatoms. The molecule has 3 aromatic rings. The van der Waals surface area contributed by atoms with Crippen molar-refractivity contribution in [2.24, 2.45) is 0 Å². The molecule has 1 heterocycles. The highest BCUT2D eigenvalue weighted by Gasteiger charge is 2.17.